The van der Waals surface area contributed by atoms with Crippen molar-refractivity contribution in [3.63, 3.8) is 0 Å². The van der Waals surface area contributed by atoms with Crippen LogP contribution in [0.1, 0.15) is 12.1 Å². The molecule has 6 nitrogen and oxygen atoms in total. The lowest BCUT2D eigenvalue weighted by Gasteiger charge is -2.13. The molecule has 0 aliphatic carbocycles. The lowest BCUT2D eigenvalue weighted by molar-refractivity contribution is -0.386. The molecule has 90 valence electrons. The largest absolute Gasteiger partial charge is 0.490 e. The number of ether oxygens (including phenoxy) is 2. The molecule has 2 rings (SSSR count). The minimum Gasteiger partial charge on any atom is -0.490 e. The van der Waals surface area contributed by atoms with Crippen LogP contribution in [0.2, 0.25) is 0 Å². The van der Waals surface area contributed by atoms with Gasteiger partial charge in [-0.15, -0.1) is 0 Å². The van der Waals surface area contributed by atoms with Gasteiger partial charge in [-0.3, -0.25) is 10.1 Å². The summed E-state index contributed by atoms with van der Waals surface area (Å²) in [6, 6.07) is 1.59. The summed E-state index contributed by atoms with van der Waals surface area (Å²) in [5, 5.41) is 10.7. The van der Waals surface area contributed by atoms with Crippen molar-refractivity contribution in [2.45, 2.75) is 6.42 Å². The van der Waals surface area contributed by atoms with Gasteiger partial charge in [0.15, 0.2) is 0 Å². The van der Waals surface area contributed by atoms with Crippen LogP contribution in [0.4, 0.5) is 5.69 Å². The van der Waals surface area contributed by atoms with E-state index in [0.717, 1.165) is 12.0 Å². The fraction of sp³-hybridized carbons (Fsp3) is 0.364. The van der Waals surface area contributed by atoms with Crippen molar-refractivity contribution in [3.05, 3.63) is 34.1 Å². The molecule has 0 bridgehead atoms. The van der Waals surface area contributed by atoms with Gasteiger partial charge in [-0.1, -0.05) is 6.08 Å². The second-order valence-corrected chi connectivity index (χ2v) is 3.55. The number of methoxy groups -OCH3 is 1. The fourth-order valence-corrected chi connectivity index (χ4v) is 1.67. The van der Waals surface area contributed by atoms with Crippen molar-refractivity contribution < 1.29 is 14.4 Å². The van der Waals surface area contributed by atoms with E-state index in [1.807, 2.05) is 6.08 Å². The third kappa shape index (κ3) is 2.42. The Kier molecular flexibility index (Phi) is 3.34. The molecule has 17 heavy (non-hydrogen) atoms. The normalized spacial score (nSPS) is 15.2. The zero-order valence-corrected chi connectivity index (χ0v) is 9.38. The second kappa shape index (κ2) is 4.92. The summed E-state index contributed by atoms with van der Waals surface area (Å²) in [4.78, 5) is 14.3. The molecule has 0 saturated heterocycles. The summed E-state index contributed by atoms with van der Waals surface area (Å²) < 4.78 is 10.2. The monoisotopic (exact) mass is 236 g/mol. The van der Waals surface area contributed by atoms with Crippen molar-refractivity contribution in [2.24, 2.45) is 0 Å². The van der Waals surface area contributed by atoms with Gasteiger partial charge in [0.05, 0.1) is 30.9 Å². The summed E-state index contributed by atoms with van der Waals surface area (Å²) in [6.07, 6.45) is 3.91. The number of aromatic nitrogens is 1. The molecule has 0 N–H and O–H groups in total. The van der Waals surface area contributed by atoms with Crippen molar-refractivity contribution in [1.29, 1.82) is 0 Å². The van der Waals surface area contributed by atoms with Crippen molar-refractivity contribution >= 4 is 11.3 Å². The minimum absolute atomic E-state index is 0.121. The Balaban J connectivity index is 2.37. The van der Waals surface area contributed by atoms with Crippen molar-refractivity contribution in [1.82, 2.24) is 4.98 Å². The first-order valence-corrected chi connectivity index (χ1v) is 5.18. The van der Waals surface area contributed by atoms with Crippen molar-refractivity contribution in [2.75, 3.05) is 20.3 Å². The number of hydrogen-bond donors (Lipinski definition) is 0. The lowest BCUT2D eigenvalue weighted by atomic mass is 10.1. The number of hydrogen-bond acceptors (Lipinski definition) is 5. The van der Waals surface area contributed by atoms with E-state index in [2.05, 4.69) is 4.98 Å². The maximum absolute atomic E-state index is 10.7. The number of nitrogens with zero attached hydrogens (tertiary/aromatic N) is 2. The van der Waals surface area contributed by atoms with E-state index in [-0.39, 0.29) is 11.4 Å². The van der Waals surface area contributed by atoms with E-state index < -0.39 is 4.92 Å². The first-order chi connectivity index (χ1) is 8.22. The number of nitro groups is 1. The predicted octanol–water partition coefficient (Wildman–Crippen LogP) is 1.80. The van der Waals surface area contributed by atoms with Crippen LogP contribution < -0.4 is 4.74 Å². The summed E-state index contributed by atoms with van der Waals surface area (Å²) in [5.74, 6) is 0.229. The highest BCUT2D eigenvalue weighted by atomic mass is 16.6. The molecule has 0 amide bonds. The van der Waals surface area contributed by atoms with Gasteiger partial charge >= 0.3 is 5.69 Å². The van der Waals surface area contributed by atoms with Gasteiger partial charge in [-0.2, -0.15) is 0 Å². The maximum atomic E-state index is 10.7. The molecule has 0 fully saturated rings. The zero-order chi connectivity index (χ0) is 12.3. The summed E-state index contributed by atoms with van der Waals surface area (Å²) in [5.41, 5.74) is 1.61. The lowest BCUT2D eigenvalue weighted by Crippen LogP contribution is -2.05. The average molecular weight is 236 g/mol. The fourth-order valence-electron chi connectivity index (χ4n) is 1.67. The summed E-state index contributed by atoms with van der Waals surface area (Å²) in [6.45, 7) is 1.20. The highest BCUT2D eigenvalue weighted by molar-refractivity contribution is 5.66. The number of rotatable bonds is 3. The molecule has 1 aromatic heterocycles. The Morgan fingerprint density at radius 1 is 1.59 bits per heavy atom. The smallest absolute Gasteiger partial charge is 0.329 e. The van der Waals surface area contributed by atoms with Crippen LogP contribution in [0.5, 0.6) is 5.75 Å². The molecule has 0 saturated carbocycles. The van der Waals surface area contributed by atoms with Crippen LogP contribution in [-0.4, -0.2) is 30.2 Å². The quantitative estimate of drug-likeness (QED) is 0.591. The molecule has 1 aromatic rings. The highest BCUT2D eigenvalue weighted by Gasteiger charge is 2.17. The van der Waals surface area contributed by atoms with Crippen LogP contribution in [-0.2, 0) is 4.74 Å². The average Bonchev–Trinajstić information content (AvgIpc) is 2.39. The molecule has 2 heterocycles. The van der Waals surface area contributed by atoms with Gasteiger partial charge in [-0.05, 0) is 12.0 Å². The molecular formula is C11H12N2O4. The van der Waals surface area contributed by atoms with Crippen LogP contribution in [0, 0.1) is 10.1 Å². The molecule has 0 aromatic carbocycles. The van der Waals surface area contributed by atoms with Gasteiger partial charge in [-0.25, -0.2) is 4.98 Å². The zero-order valence-electron chi connectivity index (χ0n) is 9.38. The van der Waals surface area contributed by atoms with E-state index in [4.69, 9.17) is 9.47 Å². The van der Waals surface area contributed by atoms with E-state index in [0.29, 0.717) is 18.9 Å². The van der Waals surface area contributed by atoms with Gasteiger partial charge in [0.2, 0.25) is 5.75 Å². The predicted molar refractivity (Wildman–Crippen MR) is 60.9 cm³/mol. The molecule has 0 spiro atoms. The first kappa shape index (κ1) is 11.5. The molecule has 0 unspecified atom stereocenters. The first-order valence-electron chi connectivity index (χ1n) is 5.18. The third-order valence-corrected chi connectivity index (χ3v) is 2.56. The molecule has 6 heteroatoms. The van der Waals surface area contributed by atoms with E-state index in [9.17, 15) is 10.1 Å². The Bertz CT molecular complexity index is 471. The van der Waals surface area contributed by atoms with E-state index >= 15 is 0 Å². The van der Waals surface area contributed by atoms with Crippen LogP contribution in [0.25, 0.3) is 5.57 Å². The molecule has 0 atom stereocenters. The Hall–Kier alpha value is -1.95. The Morgan fingerprint density at radius 2 is 2.41 bits per heavy atom. The van der Waals surface area contributed by atoms with Gasteiger partial charge in [0.1, 0.15) is 6.20 Å². The minimum atomic E-state index is -0.506. The van der Waals surface area contributed by atoms with Crippen LogP contribution in [0.3, 0.4) is 0 Å². The standard InChI is InChI=1S/C11H12N2O4/c1-16-11-6-9(8-2-4-17-5-3-8)12-7-10(11)13(14)15/h2,6-7H,3-5H2,1H3. The van der Waals surface area contributed by atoms with Crippen molar-refractivity contribution in [3.8, 4) is 5.75 Å². The van der Waals surface area contributed by atoms with E-state index in [1.165, 1.54) is 13.3 Å². The topological polar surface area (TPSA) is 74.5 Å². The third-order valence-electron chi connectivity index (χ3n) is 2.56. The number of pyridine rings is 1. The van der Waals surface area contributed by atoms with Gasteiger partial charge in [0.25, 0.3) is 0 Å². The Labute approximate surface area is 98.0 Å². The van der Waals surface area contributed by atoms with E-state index in [1.54, 1.807) is 6.07 Å². The molecule has 0 radical (unpaired) electrons. The molecular weight excluding hydrogens is 224 g/mol. The van der Waals surface area contributed by atoms with Gasteiger partial charge in [0, 0.05) is 6.07 Å². The molecule has 1 aliphatic heterocycles. The SMILES string of the molecule is COc1cc(C2=CCOCC2)ncc1[N+](=O)[O-]. The second-order valence-electron chi connectivity index (χ2n) is 3.55. The maximum Gasteiger partial charge on any atom is 0.329 e. The van der Waals surface area contributed by atoms with Crippen LogP contribution >= 0.6 is 0 Å². The van der Waals surface area contributed by atoms with Crippen LogP contribution in [0.15, 0.2) is 18.3 Å². The molecule has 1 aliphatic rings. The summed E-state index contributed by atoms with van der Waals surface area (Å²) >= 11 is 0. The summed E-state index contributed by atoms with van der Waals surface area (Å²) in [7, 11) is 1.41. The highest BCUT2D eigenvalue weighted by Crippen LogP contribution is 2.29. The van der Waals surface area contributed by atoms with Gasteiger partial charge < -0.3 is 9.47 Å². The Morgan fingerprint density at radius 3 is 3.00 bits per heavy atom.